The SMILES string of the molecule is O=C(O)COc1ccc2c(c1)COB2. The Morgan fingerprint density at radius 1 is 1.64 bits per heavy atom. The molecule has 5 heteroatoms. The van der Waals surface area contributed by atoms with Crippen molar-refractivity contribution in [2.45, 2.75) is 6.61 Å². The van der Waals surface area contributed by atoms with Crippen molar-refractivity contribution in [2.24, 2.45) is 0 Å². The van der Waals surface area contributed by atoms with Crippen molar-refractivity contribution in [3.8, 4) is 5.75 Å². The molecule has 1 aromatic carbocycles. The summed E-state index contributed by atoms with van der Waals surface area (Å²) in [4.78, 5) is 10.3. The fourth-order valence-corrected chi connectivity index (χ4v) is 1.38. The normalized spacial score (nSPS) is 13.1. The van der Waals surface area contributed by atoms with E-state index in [0.29, 0.717) is 19.8 Å². The zero-order valence-corrected chi connectivity index (χ0v) is 7.53. The first-order valence-electron chi connectivity index (χ1n) is 4.30. The number of rotatable bonds is 3. The Morgan fingerprint density at radius 2 is 2.50 bits per heavy atom. The molecule has 2 rings (SSSR count). The van der Waals surface area contributed by atoms with E-state index in [-0.39, 0.29) is 6.61 Å². The number of ether oxygens (including phenoxy) is 1. The summed E-state index contributed by atoms with van der Waals surface area (Å²) in [5.74, 6) is -0.390. The molecule has 0 aromatic heterocycles. The van der Waals surface area contributed by atoms with Crippen LogP contribution in [0.1, 0.15) is 5.56 Å². The van der Waals surface area contributed by atoms with Crippen molar-refractivity contribution in [1.29, 1.82) is 0 Å². The number of aliphatic carboxylic acids is 1. The number of hydrogen-bond acceptors (Lipinski definition) is 3. The van der Waals surface area contributed by atoms with Crippen molar-refractivity contribution in [2.75, 3.05) is 6.61 Å². The van der Waals surface area contributed by atoms with Crippen LogP contribution in [0, 0.1) is 0 Å². The Labute approximate surface area is 81.7 Å². The van der Waals surface area contributed by atoms with Crippen LogP contribution in [-0.4, -0.2) is 25.2 Å². The van der Waals surface area contributed by atoms with Gasteiger partial charge >= 0.3 is 13.5 Å². The molecule has 0 saturated carbocycles. The van der Waals surface area contributed by atoms with Gasteiger partial charge in [-0.1, -0.05) is 6.07 Å². The maximum Gasteiger partial charge on any atom is 0.341 e. The van der Waals surface area contributed by atoms with E-state index in [2.05, 4.69) is 0 Å². The van der Waals surface area contributed by atoms with E-state index in [0.717, 1.165) is 11.0 Å². The predicted molar refractivity (Wildman–Crippen MR) is 51.1 cm³/mol. The second kappa shape index (κ2) is 3.71. The zero-order valence-electron chi connectivity index (χ0n) is 7.53. The van der Waals surface area contributed by atoms with E-state index >= 15 is 0 Å². The number of carboxylic acids is 1. The second-order valence-electron chi connectivity index (χ2n) is 3.11. The topological polar surface area (TPSA) is 55.8 Å². The van der Waals surface area contributed by atoms with E-state index in [4.69, 9.17) is 14.5 Å². The predicted octanol–water partition coefficient (Wildman–Crippen LogP) is -0.343. The largest absolute Gasteiger partial charge is 0.482 e. The van der Waals surface area contributed by atoms with Gasteiger partial charge < -0.3 is 14.5 Å². The Kier molecular flexibility index (Phi) is 2.41. The van der Waals surface area contributed by atoms with Crippen LogP contribution < -0.4 is 10.2 Å². The van der Waals surface area contributed by atoms with Crippen LogP contribution in [0.5, 0.6) is 5.75 Å². The van der Waals surface area contributed by atoms with E-state index < -0.39 is 5.97 Å². The summed E-state index contributed by atoms with van der Waals surface area (Å²) < 4.78 is 10.3. The van der Waals surface area contributed by atoms with Gasteiger partial charge in [0.1, 0.15) is 5.75 Å². The number of fused-ring (bicyclic) bond motifs is 1. The summed E-state index contributed by atoms with van der Waals surface area (Å²) in [6, 6.07) is 5.49. The summed E-state index contributed by atoms with van der Waals surface area (Å²) >= 11 is 0. The smallest absolute Gasteiger partial charge is 0.341 e. The highest BCUT2D eigenvalue weighted by Gasteiger charge is 2.13. The minimum atomic E-state index is -0.971. The van der Waals surface area contributed by atoms with Gasteiger partial charge in [0.25, 0.3) is 0 Å². The molecule has 0 bridgehead atoms. The molecular formula is C9H9BO4. The lowest BCUT2D eigenvalue weighted by molar-refractivity contribution is -0.139. The van der Waals surface area contributed by atoms with E-state index in [9.17, 15) is 4.79 Å². The van der Waals surface area contributed by atoms with Gasteiger partial charge in [-0.05, 0) is 23.2 Å². The minimum absolute atomic E-state index is 0.306. The van der Waals surface area contributed by atoms with Crippen LogP contribution in [-0.2, 0) is 16.1 Å². The molecule has 0 amide bonds. The van der Waals surface area contributed by atoms with Gasteiger partial charge in [-0.2, -0.15) is 0 Å². The van der Waals surface area contributed by atoms with Gasteiger partial charge in [-0.3, -0.25) is 0 Å². The van der Waals surface area contributed by atoms with Crippen molar-refractivity contribution >= 4 is 18.9 Å². The highest BCUT2D eigenvalue weighted by Crippen LogP contribution is 2.15. The van der Waals surface area contributed by atoms with E-state index in [1.54, 1.807) is 6.07 Å². The van der Waals surface area contributed by atoms with Gasteiger partial charge in [0.05, 0.1) is 6.61 Å². The number of benzene rings is 1. The first kappa shape index (κ1) is 9.08. The van der Waals surface area contributed by atoms with Gasteiger partial charge in [0.15, 0.2) is 6.61 Å². The molecule has 72 valence electrons. The summed E-state index contributed by atoms with van der Waals surface area (Å²) in [6.07, 6.45) is 0. The zero-order chi connectivity index (χ0) is 9.97. The van der Waals surface area contributed by atoms with Crippen molar-refractivity contribution in [3.63, 3.8) is 0 Å². The molecule has 0 spiro atoms. The number of carboxylic acid groups (broad SMARTS) is 1. The van der Waals surface area contributed by atoms with Crippen molar-refractivity contribution in [1.82, 2.24) is 0 Å². The van der Waals surface area contributed by atoms with Crippen LogP contribution in [0.15, 0.2) is 18.2 Å². The molecule has 0 aliphatic carbocycles. The highest BCUT2D eigenvalue weighted by atomic mass is 16.5. The maximum absolute atomic E-state index is 10.3. The molecule has 1 N–H and O–H groups in total. The molecular weight excluding hydrogens is 183 g/mol. The monoisotopic (exact) mass is 192 g/mol. The van der Waals surface area contributed by atoms with Gasteiger partial charge in [-0.25, -0.2) is 4.79 Å². The second-order valence-corrected chi connectivity index (χ2v) is 3.11. The van der Waals surface area contributed by atoms with Crippen LogP contribution in [0.4, 0.5) is 0 Å². The summed E-state index contributed by atoms with van der Waals surface area (Å²) in [6.45, 7) is 0.277. The average Bonchev–Trinajstić information content (AvgIpc) is 2.61. The molecule has 1 aliphatic rings. The standard InChI is InChI=1S/C9H9BO4/c11-9(12)5-13-7-1-2-8-6(3-7)4-14-10-8/h1-3,10H,4-5H2,(H,11,12). The molecule has 1 aromatic rings. The average molecular weight is 192 g/mol. The molecule has 0 saturated heterocycles. The first-order chi connectivity index (χ1) is 6.75. The Bertz CT molecular complexity index is 364. The third-order valence-corrected chi connectivity index (χ3v) is 2.06. The molecule has 4 nitrogen and oxygen atoms in total. The third-order valence-electron chi connectivity index (χ3n) is 2.06. The molecule has 0 unspecified atom stereocenters. The molecule has 0 atom stereocenters. The Morgan fingerprint density at radius 3 is 3.29 bits per heavy atom. The number of hydrogen-bond donors (Lipinski definition) is 1. The maximum atomic E-state index is 10.3. The molecule has 1 aliphatic heterocycles. The Balaban J connectivity index is 2.09. The molecule has 1 heterocycles. The summed E-state index contributed by atoms with van der Waals surface area (Å²) in [7, 11) is 0.633. The van der Waals surface area contributed by atoms with Crippen molar-refractivity contribution in [3.05, 3.63) is 23.8 Å². The van der Waals surface area contributed by atoms with Crippen LogP contribution >= 0.6 is 0 Å². The lowest BCUT2D eigenvalue weighted by Crippen LogP contribution is -2.13. The number of carbonyl (C=O) groups is 1. The van der Waals surface area contributed by atoms with Crippen LogP contribution in [0.2, 0.25) is 0 Å². The third kappa shape index (κ3) is 1.88. The first-order valence-corrected chi connectivity index (χ1v) is 4.30. The van der Waals surface area contributed by atoms with E-state index in [1.165, 1.54) is 0 Å². The Hall–Kier alpha value is -1.49. The lowest BCUT2D eigenvalue weighted by Gasteiger charge is -2.04. The van der Waals surface area contributed by atoms with Gasteiger partial charge in [0.2, 0.25) is 0 Å². The van der Waals surface area contributed by atoms with E-state index in [1.807, 2.05) is 12.1 Å². The minimum Gasteiger partial charge on any atom is -0.482 e. The molecule has 14 heavy (non-hydrogen) atoms. The highest BCUT2D eigenvalue weighted by molar-refractivity contribution is 6.48. The van der Waals surface area contributed by atoms with Gasteiger partial charge in [0, 0.05) is 0 Å². The molecule has 0 fully saturated rings. The fourth-order valence-electron chi connectivity index (χ4n) is 1.38. The molecule has 0 radical (unpaired) electrons. The fraction of sp³-hybridized carbons (Fsp3) is 0.222. The summed E-state index contributed by atoms with van der Waals surface area (Å²) in [5.41, 5.74) is 2.22. The summed E-state index contributed by atoms with van der Waals surface area (Å²) in [5, 5.41) is 8.42. The quantitative estimate of drug-likeness (QED) is 0.665. The van der Waals surface area contributed by atoms with Crippen LogP contribution in [0.25, 0.3) is 0 Å². The lowest BCUT2D eigenvalue weighted by atomic mass is 9.87. The van der Waals surface area contributed by atoms with Crippen molar-refractivity contribution < 1.29 is 19.3 Å². The van der Waals surface area contributed by atoms with Gasteiger partial charge in [-0.15, -0.1) is 0 Å². The van der Waals surface area contributed by atoms with Crippen LogP contribution in [0.3, 0.4) is 0 Å².